The van der Waals surface area contributed by atoms with Crippen LogP contribution >= 0.6 is 0 Å². The van der Waals surface area contributed by atoms with Gasteiger partial charge in [-0.1, -0.05) is 13.8 Å². The molecule has 0 spiro atoms. The van der Waals surface area contributed by atoms with Crippen LogP contribution in [0.4, 0.5) is 0 Å². The van der Waals surface area contributed by atoms with E-state index < -0.39 is 0 Å². The van der Waals surface area contributed by atoms with Gasteiger partial charge in [0.25, 0.3) is 0 Å². The minimum absolute atomic E-state index is 0.103. The van der Waals surface area contributed by atoms with E-state index in [1.807, 2.05) is 12.4 Å². The van der Waals surface area contributed by atoms with Gasteiger partial charge in [0.15, 0.2) is 0 Å². The van der Waals surface area contributed by atoms with Gasteiger partial charge < -0.3 is 5.73 Å². The topological polar surface area (TPSA) is 51.8 Å². The molecule has 5 rings (SSSR count). The molecular formula is C17H25N3. The maximum absolute atomic E-state index is 6.73. The molecule has 20 heavy (non-hydrogen) atoms. The van der Waals surface area contributed by atoms with Crippen LogP contribution in [0.2, 0.25) is 0 Å². The van der Waals surface area contributed by atoms with Crippen molar-refractivity contribution in [2.45, 2.75) is 58.4 Å². The number of aromatic nitrogens is 2. The highest BCUT2D eigenvalue weighted by Crippen LogP contribution is 2.71. The summed E-state index contributed by atoms with van der Waals surface area (Å²) >= 11 is 0. The van der Waals surface area contributed by atoms with Crippen LogP contribution in [0.3, 0.4) is 0 Å². The normalized spacial score (nSPS) is 47.5. The van der Waals surface area contributed by atoms with Gasteiger partial charge in [-0.25, -0.2) is 9.97 Å². The SMILES string of the molecule is CC12CC3CC(C)(C1)CC(C(N)c1cncnc1)(C3)C2. The van der Waals surface area contributed by atoms with Gasteiger partial charge in [-0.05, 0) is 60.7 Å². The fraction of sp³-hybridized carbons (Fsp3) is 0.765. The molecular weight excluding hydrogens is 246 g/mol. The summed E-state index contributed by atoms with van der Waals surface area (Å²) in [5, 5.41) is 0. The van der Waals surface area contributed by atoms with Crippen LogP contribution in [-0.4, -0.2) is 9.97 Å². The van der Waals surface area contributed by atoms with Crippen molar-refractivity contribution in [3.8, 4) is 0 Å². The average molecular weight is 271 g/mol. The molecule has 4 fully saturated rings. The Labute approximate surface area is 121 Å². The molecule has 0 amide bonds. The number of rotatable bonds is 2. The first-order valence-corrected chi connectivity index (χ1v) is 7.93. The molecule has 4 aliphatic carbocycles. The van der Waals surface area contributed by atoms with E-state index in [4.69, 9.17) is 5.73 Å². The summed E-state index contributed by atoms with van der Waals surface area (Å²) in [6, 6.07) is 0.103. The second kappa shape index (κ2) is 3.82. The lowest BCUT2D eigenvalue weighted by Gasteiger charge is -2.66. The minimum Gasteiger partial charge on any atom is -0.323 e. The summed E-state index contributed by atoms with van der Waals surface area (Å²) in [7, 11) is 0. The van der Waals surface area contributed by atoms with Crippen LogP contribution in [0.1, 0.15) is 64.0 Å². The number of hydrogen-bond acceptors (Lipinski definition) is 3. The Hall–Kier alpha value is -0.960. The molecule has 4 aliphatic rings. The fourth-order valence-corrected chi connectivity index (χ4v) is 6.71. The van der Waals surface area contributed by atoms with E-state index in [1.165, 1.54) is 38.5 Å². The largest absolute Gasteiger partial charge is 0.323 e. The number of hydrogen-bond donors (Lipinski definition) is 1. The van der Waals surface area contributed by atoms with Gasteiger partial charge in [-0.3, -0.25) is 0 Å². The van der Waals surface area contributed by atoms with E-state index in [1.54, 1.807) is 6.33 Å². The summed E-state index contributed by atoms with van der Waals surface area (Å²) in [6.07, 6.45) is 13.6. The highest BCUT2D eigenvalue weighted by Gasteiger charge is 2.61. The van der Waals surface area contributed by atoms with Crippen molar-refractivity contribution in [2.75, 3.05) is 0 Å². The second-order valence-corrected chi connectivity index (χ2v) is 8.64. The zero-order valence-corrected chi connectivity index (χ0v) is 12.6. The fourth-order valence-electron chi connectivity index (χ4n) is 6.71. The molecule has 1 aromatic rings. The first kappa shape index (κ1) is 12.8. The Kier molecular flexibility index (Phi) is 2.44. The van der Waals surface area contributed by atoms with E-state index in [-0.39, 0.29) is 11.5 Å². The van der Waals surface area contributed by atoms with Crippen LogP contribution in [0.5, 0.6) is 0 Å². The minimum atomic E-state index is 0.103. The van der Waals surface area contributed by atoms with E-state index in [2.05, 4.69) is 23.8 Å². The van der Waals surface area contributed by atoms with Gasteiger partial charge in [-0.15, -0.1) is 0 Å². The van der Waals surface area contributed by atoms with Crippen LogP contribution in [0.15, 0.2) is 18.7 Å². The first-order valence-electron chi connectivity index (χ1n) is 7.93. The first-order chi connectivity index (χ1) is 9.42. The van der Waals surface area contributed by atoms with Gasteiger partial charge in [0, 0.05) is 24.0 Å². The van der Waals surface area contributed by atoms with Crippen molar-refractivity contribution in [2.24, 2.45) is 27.9 Å². The number of nitrogens with zero attached hydrogens (tertiary/aromatic N) is 2. The summed E-state index contributed by atoms with van der Waals surface area (Å²) in [6.45, 7) is 5.00. The predicted octanol–water partition coefficient (Wildman–Crippen LogP) is 3.47. The van der Waals surface area contributed by atoms with Crippen LogP contribution < -0.4 is 5.73 Å². The van der Waals surface area contributed by atoms with Crippen molar-refractivity contribution in [1.29, 1.82) is 0 Å². The smallest absolute Gasteiger partial charge is 0.115 e. The molecule has 3 heteroatoms. The van der Waals surface area contributed by atoms with Gasteiger partial charge in [-0.2, -0.15) is 0 Å². The van der Waals surface area contributed by atoms with Crippen LogP contribution in [0.25, 0.3) is 0 Å². The van der Waals surface area contributed by atoms with Gasteiger partial charge in [0.1, 0.15) is 6.33 Å². The Morgan fingerprint density at radius 3 is 2.20 bits per heavy atom. The lowest BCUT2D eigenvalue weighted by molar-refractivity contribution is -0.154. The van der Waals surface area contributed by atoms with Crippen molar-refractivity contribution in [3.63, 3.8) is 0 Å². The lowest BCUT2D eigenvalue weighted by atomic mass is 9.39. The zero-order chi connectivity index (χ0) is 14.0. The molecule has 108 valence electrons. The maximum atomic E-state index is 6.73. The number of nitrogens with two attached hydrogens (primary N) is 1. The highest BCUT2D eigenvalue weighted by atomic mass is 14.8. The van der Waals surface area contributed by atoms with Gasteiger partial charge >= 0.3 is 0 Å². The molecule has 3 atom stereocenters. The van der Waals surface area contributed by atoms with E-state index >= 15 is 0 Å². The summed E-state index contributed by atoms with van der Waals surface area (Å²) < 4.78 is 0. The maximum Gasteiger partial charge on any atom is 0.115 e. The van der Waals surface area contributed by atoms with E-state index in [0.717, 1.165) is 11.5 Å². The molecule has 2 N–H and O–H groups in total. The third-order valence-corrected chi connectivity index (χ3v) is 6.27. The molecule has 3 unspecified atom stereocenters. The summed E-state index contributed by atoms with van der Waals surface area (Å²) in [5.74, 6) is 0.886. The molecule has 3 nitrogen and oxygen atoms in total. The Bertz CT molecular complexity index is 508. The lowest BCUT2D eigenvalue weighted by Crippen LogP contribution is -2.58. The standard InChI is InChI=1S/C17H25N3/c1-15-3-12-4-16(2,8-15)10-17(5-12,9-15)14(18)13-6-19-11-20-7-13/h6-7,11-12,14H,3-5,8-10,18H2,1-2H3. The highest BCUT2D eigenvalue weighted by molar-refractivity contribution is 5.20. The van der Waals surface area contributed by atoms with Crippen molar-refractivity contribution in [3.05, 3.63) is 24.3 Å². The Morgan fingerprint density at radius 1 is 1.05 bits per heavy atom. The second-order valence-electron chi connectivity index (χ2n) is 8.64. The molecule has 0 aliphatic heterocycles. The molecule has 0 aromatic carbocycles. The third kappa shape index (κ3) is 1.75. The monoisotopic (exact) mass is 271 g/mol. The summed E-state index contributed by atoms with van der Waals surface area (Å²) in [5.41, 5.74) is 9.17. The quantitative estimate of drug-likeness (QED) is 0.896. The zero-order valence-electron chi connectivity index (χ0n) is 12.6. The van der Waals surface area contributed by atoms with Crippen LogP contribution in [0, 0.1) is 22.2 Å². The molecule has 4 bridgehead atoms. The summed E-state index contributed by atoms with van der Waals surface area (Å²) in [4.78, 5) is 8.35. The predicted molar refractivity (Wildman–Crippen MR) is 78.8 cm³/mol. The molecule has 1 aromatic heterocycles. The Morgan fingerprint density at radius 2 is 1.65 bits per heavy atom. The van der Waals surface area contributed by atoms with Crippen molar-refractivity contribution in [1.82, 2.24) is 9.97 Å². The molecule has 1 heterocycles. The van der Waals surface area contributed by atoms with Gasteiger partial charge in [0.05, 0.1) is 0 Å². The Balaban J connectivity index is 1.74. The molecule has 4 saturated carbocycles. The van der Waals surface area contributed by atoms with Crippen LogP contribution in [-0.2, 0) is 0 Å². The average Bonchev–Trinajstić information content (AvgIpc) is 2.34. The van der Waals surface area contributed by atoms with E-state index in [0.29, 0.717) is 10.8 Å². The van der Waals surface area contributed by atoms with Crippen molar-refractivity contribution >= 4 is 0 Å². The van der Waals surface area contributed by atoms with E-state index in [9.17, 15) is 0 Å². The van der Waals surface area contributed by atoms with Crippen molar-refractivity contribution < 1.29 is 0 Å². The van der Waals surface area contributed by atoms with Gasteiger partial charge in [0.2, 0.25) is 0 Å². The molecule has 0 radical (unpaired) electrons. The third-order valence-electron chi connectivity index (χ3n) is 6.27. The molecule has 0 saturated heterocycles.